The van der Waals surface area contributed by atoms with Crippen molar-refractivity contribution in [3.63, 3.8) is 0 Å². The van der Waals surface area contributed by atoms with Crippen LogP contribution in [0.15, 0.2) is 47.3 Å². The Morgan fingerprint density at radius 2 is 1.54 bits per heavy atom. The monoisotopic (exact) mass is 529 g/mol. The van der Waals surface area contributed by atoms with Gasteiger partial charge in [-0.25, -0.2) is 9.78 Å². The lowest BCUT2D eigenvalue weighted by atomic mass is 9.89. The fraction of sp³-hybridized carbons (Fsp3) is 0.531. The standard InChI is InChI=1S/C32H39N3O4/c36-30-17-13-21(18-26(30)32(38)39)12-16-28-31(37)35(29-11-7-6-10-27(29)33-28)25-19-23-14-15-24(20-25)34(23)22-8-4-2-1-3-5-9-22/h6-7,10-11,13,17-18,22-25,36H,1-5,8-9,12,14-16,19-20H2,(H,38,39)/t23-,24+,25?. The van der Waals surface area contributed by atoms with E-state index >= 15 is 0 Å². The Bertz CT molecular complexity index is 1390. The number of carboxylic acids is 1. The largest absolute Gasteiger partial charge is 0.507 e. The number of para-hydroxylation sites is 2. The summed E-state index contributed by atoms with van der Waals surface area (Å²) in [7, 11) is 0. The van der Waals surface area contributed by atoms with E-state index in [0.29, 0.717) is 36.7 Å². The molecular formula is C32H39N3O4. The molecule has 39 heavy (non-hydrogen) atoms. The van der Waals surface area contributed by atoms with Gasteiger partial charge in [0.15, 0.2) is 0 Å². The van der Waals surface area contributed by atoms with Crippen LogP contribution in [0.1, 0.15) is 98.3 Å². The Hall–Kier alpha value is -3.19. The summed E-state index contributed by atoms with van der Waals surface area (Å²) in [5.41, 5.74) is 2.88. The van der Waals surface area contributed by atoms with Crippen molar-refractivity contribution < 1.29 is 15.0 Å². The second kappa shape index (κ2) is 11.1. The van der Waals surface area contributed by atoms with E-state index < -0.39 is 5.97 Å². The summed E-state index contributed by atoms with van der Waals surface area (Å²) in [6.07, 6.45) is 14.8. The number of benzene rings is 2. The van der Waals surface area contributed by atoms with Gasteiger partial charge in [0.05, 0.1) is 11.0 Å². The molecule has 3 aromatic rings. The number of hydrogen-bond donors (Lipinski definition) is 2. The Morgan fingerprint density at radius 3 is 2.26 bits per heavy atom. The van der Waals surface area contributed by atoms with Gasteiger partial charge in [0.25, 0.3) is 5.56 Å². The minimum absolute atomic E-state index is 0.0188. The lowest BCUT2D eigenvalue weighted by Crippen LogP contribution is -2.50. The molecule has 1 aromatic heterocycles. The number of piperidine rings is 1. The Balaban J connectivity index is 1.27. The lowest BCUT2D eigenvalue weighted by Gasteiger charge is -2.45. The molecule has 7 nitrogen and oxygen atoms in total. The van der Waals surface area contributed by atoms with E-state index in [9.17, 15) is 19.8 Å². The smallest absolute Gasteiger partial charge is 0.339 e. The molecule has 2 aromatic carbocycles. The summed E-state index contributed by atoms with van der Waals surface area (Å²) in [6, 6.07) is 14.5. The van der Waals surface area contributed by atoms with Crippen molar-refractivity contribution in [3.05, 3.63) is 69.6 Å². The van der Waals surface area contributed by atoms with E-state index in [2.05, 4.69) is 4.90 Å². The van der Waals surface area contributed by atoms with E-state index in [4.69, 9.17) is 4.98 Å². The van der Waals surface area contributed by atoms with Crippen LogP contribution in [-0.4, -0.2) is 48.8 Å². The molecule has 3 heterocycles. The highest BCUT2D eigenvalue weighted by molar-refractivity contribution is 5.90. The number of aryl methyl sites for hydroxylation is 2. The maximum Gasteiger partial charge on any atom is 0.339 e. The van der Waals surface area contributed by atoms with Crippen molar-refractivity contribution in [2.45, 2.75) is 108 Å². The van der Waals surface area contributed by atoms with Gasteiger partial charge in [0.1, 0.15) is 17.0 Å². The van der Waals surface area contributed by atoms with E-state index in [1.165, 1.54) is 69.9 Å². The average Bonchev–Trinajstić information content (AvgIpc) is 3.16. The summed E-state index contributed by atoms with van der Waals surface area (Å²) in [6.45, 7) is 0. The third kappa shape index (κ3) is 5.21. The van der Waals surface area contributed by atoms with Gasteiger partial charge in [-0.2, -0.15) is 0 Å². The van der Waals surface area contributed by atoms with E-state index in [1.54, 1.807) is 6.07 Å². The first-order valence-electron chi connectivity index (χ1n) is 14.8. The molecule has 1 saturated carbocycles. The number of fused-ring (bicyclic) bond motifs is 3. The van der Waals surface area contributed by atoms with Crippen LogP contribution in [0, 0.1) is 0 Å². The molecule has 6 rings (SSSR count). The summed E-state index contributed by atoms with van der Waals surface area (Å²) < 4.78 is 2.04. The predicted octanol–water partition coefficient (Wildman–Crippen LogP) is 5.87. The van der Waals surface area contributed by atoms with Crippen LogP contribution in [0.4, 0.5) is 0 Å². The summed E-state index contributed by atoms with van der Waals surface area (Å²) >= 11 is 0. The van der Waals surface area contributed by atoms with Gasteiger partial charge >= 0.3 is 5.97 Å². The third-order valence-corrected chi connectivity index (χ3v) is 9.43. The first-order chi connectivity index (χ1) is 19.0. The van der Waals surface area contributed by atoms with Crippen LogP contribution in [0.2, 0.25) is 0 Å². The fourth-order valence-corrected chi connectivity index (χ4v) is 7.63. The molecule has 3 atom stereocenters. The SMILES string of the molecule is O=C(O)c1cc(CCc2nc3ccccc3n(C3C[C@H]4CC[C@@H](C3)N4C3CCCCCCC3)c2=O)ccc1O. The molecule has 2 saturated heterocycles. The molecule has 2 bridgehead atoms. The zero-order valence-corrected chi connectivity index (χ0v) is 22.6. The fourth-order valence-electron chi connectivity index (χ4n) is 7.63. The predicted molar refractivity (Wildman–Crippen MR) is 152 cm³/mol. The number of aromatic carboxylic acids is 1. The first kappa shape index (κ1) is 26.1. The Kier molecular flexibility index (Phi) is 7.43. The van der Waals surface area contributed by atoms with Crippen molar-refractivity contribution in [1.29, 1.82) is 0 Å². The first-order valence-corrected chi connectivity index (χ1v) is 14.8. The average molecular weight is 530 g/mol. The highest BCUT2D eigenvalue weighted by Crippen LogP contribution is 2.44. The van der Waals surface area contributed by atoms with Crippen molar-refractivity contribution in [2.75, 3.05) is 0 Å². The Morgan fingerprint density at radius 1 is 0.846 bits per heavy atom. The summed E-state index contributed by atoms with van der Waals surface area (Å²) in [5.74, 6) is -1.42. The minimum atomic E-state index is -1.17. The number of phenols is 1. The van der Waals surface area contributed by atoms with Crippen LogP contribution in [0.25, 0.3) is 11.0 Å². The molecule has 0 radical (unpaired) electrons. The van der Waals surface area contributed by atoms with Crippen LogP contribution < -0.4 is 5.56 Å². The molecule has 2 N–H and O–H groups in total. The quantitative estimate of drug-likeness (QED) is 0.415. The van der Waals surface area contributed by atoms with Gasteiger partial charge in [0, 0.05) is 24.2 Å². The van der Waals surface area contributed by atoms with Gasteiger partial charge in [0.2, 0.25) is 0 Å². The van der Waals surface area contributed by atoms with Gasteiger partial charge in [-0.05, 0) is 81.2 Å². The van der Waals surface area contributed by atoms with Crippen molar-refractivity contribution >= 4 is 17.0 Å². The van der Waals surface area contributed by atoms with Gasteiger partial charge < -0.3 is 14.8 Å². The third-order valence-electron chi connectivity index (χ3n) is 9.43. The molecule has 206 valence electrons. The van der Waals surface area contributed by atoms with Crippen molar-refractivity contribution in [3.8, 4) is 5.75 Å². The maximum absolute atomic E-state index is 14.0. The zero-order chi connectivity index (χ0) is 26.9. The van der Waals surface area contributed by atoms with Crippen molar-refractivity contribution in [1.82, 2.24) is 14.5 Å². The van der Waals surface area contributed by atoms with Gasteiger partial charge in [-0.1, -0.05) is 50.3 Å². The minimum Gasteiger partial charge on any atom is -0.507 e. The normalized spacial score (nSPS) is 24.5. The number of carbonyl (C=O) groups is 1. The Labute approximate surface area is 229 Å². The molecule has 1 unspecified atom stereocenters. The number of aromatic hydroxyl groups is 1. The highest BCUT2D eigenvalue weighted by atomic mass is 16.4. The van der Waals surface area contributed by atoms with E-state index in [0.717, 1.165) is 29.4 Å². The summed E-state index contributed by atoms with van der Waals surface area (Å²) in [4.78, 5) is 33.1. The van der Waals surface area contributed by atoms with Crippen molar-refractivity contribution in [2.24, 2.45) is 0 Å². The molecule has 2 aliphatic heterocycles. The molecule has 7 heteroatoms. The molecular weight excluding hydrogens is 490 g/mol. The molecule has 0 spiro atoms. The van der Waals surface area contributed by atoms with Crippen LogP contribution in [0.5, 0.6) is 5.75 Å². The topological polar surface area (TPSA) is 95.7 Å². The lowest BCUT2D eigenvalue weighted by molar-refractivity contribution is 0.0497. The highest BCUT2D eigenvalue weighted by Gasteiger charge is 2.44. The zero-order valence-electron chi connectivity index (χ0n) is 22.6. The van der Waals surface area contributed by atoms with Crippen LogP contribution >= 0.6 is 0 Å². The molecule has 1 aliphatic carbocycles. The van der Waals surface area contributed by atoms with Gasteiger partial charge in [-0.15, -0.1) is 0 Å². The molecule has 3 fully saturated rings. The second-order valence-corrected chi connectivity index (χ2v) is 11.8. The number of nitrogens with zero attached hydrogens (tertiary/aromatic N) is 3. The number of carboxylic acid groups (broad SMARTS) is 1. The number of rotatable bonds is 6. The maximum atomic E-state index is 14.0. The molecule has 0 amide bonds. The van der Waals surface area contributed by atoms with E-state index in [-0.39, 0.29) is 22.9 Å². The number of hydrogen-bond acceptors (Lipinski definition) is 5. The number of aromatic nitrogens is 2. The van der Waals surface area contributed by atoms with Crippen LogP contribution in [-0.2, 0) is 12.8 Å². The van der Waals surface area contributed by atoms with Gasteiger partial charge in [-0.3, -0.25) is 9.69 Å². The molecule has 3 aliphatic rings. The summed E-state index contributed by atoms with van der Waals surface area (Å²) in [5, 5.41) is 19.2. The second-order valence-electron chi connectivity index (χ2n) is 11.8. The van der Waals surface area contributed by atoms with E-state index in [1.807, 2.05) is 28.8 Å². The van der Waals surface area contributed by atoms with Crippen LogP contribution in [0.3, 0.4) is 0 Å².